The van der Waals surface area contributed by atoms with Crippen molar-refractivity contribution < 1.29 is 4.39 Å². The van der Waals surface area contributed by atoms with Crippen molar-refractivity contribution in [2.24, 2.45) is 5.92 Å². The van der Waals surface area contributed by atoms with E-state index >= 15 is 0 Å². The van der Waals surface area contributed by atoms with Gasteiger partial charge in [-0.05, 0) is 37.2 Å². The number of aromatic nitrogens is 4. The molecule has 2 atom stereocenters. The van der Waals surface area contributed by atoms with Gasteiger partial charge in [-0.1, -0.05) is 6.92 Å². The fourth-order valence-electron chi connectivity index (χ4n) is 3.44. The Morgan fingerprint density at radius 2 is 2.00 bits per heavy atom. The Morgan fingerprint density at radius 3 is 2.67 bits per heavy atom. The van der Waals surface area contributed by atoms with Crippen molar-refractivity contribution in [1.29, 1.82) is 0 Å². The molecule has 0 bridgehead atoms. The van der Waals surface area contributed by atoms with E-state index < -0.39 is 0 Å². The summed E-state index contributed by atoms with van der Waals surface area (Å²) >= 11 is 0. The first kappa shape index (κ1) is 15.0. The first-order chi connectivity index (χ1) is 11.5. The molecule has 0 saturated carbocycles. The molecule has 1 N–H and O–H groups in total. The minimum absolute atomic E-state index is 0.176. The first-order valence-electron chi connectivity index (χ1n) is 7.95. The van der Waals surface area contributed by atoms with E-state index in [1.807, 2.05) is 0 Å². The second-order valence-corrected chi connectivity index (χ2v) is 6.53. The van der Waals surface area contributed by atoms with Crippen LogP contribution in [0.25, 0.3) is 16.9 Å². The smallest absolute Gasteiger partial charge is 0.276 e. The maximum Gasteiger partial charge on any atom is 0.276 e. The number of likely N-dealkylation sites (N-methyl/N-ethyl adjacent to an activating group) is 1. The molecule has 0 aliphatic carbocycles. The van der Waals surface area contributed by atoms with Gasteiger partial charge in [0.25, 0.3) is 5.56 Å². The lowest BCUT2D eigenvalue weighted by atomic mass is 9.97. The van der Waals surface area contributed by atoms with Crippen LogP contribution in [-0.4, -0.2) is 44.6 Å². The molecule has 24 heavy (non-hydrogen) atoms. The number of likely N-dealkylation sites (tertiary alicyclic amines) is 1. The van der Waals surface area contributed by atoms with Gasteiger partial charge in [0.1, 0.15) is 11.6 Å². The average molecular weight is 327 g/mol. The number of nitrogens with zero attached hydrogens (tertiary/aromatic N) is 4. The number of halogens is 1. The Balaban J connectivity index is 1.86. The number of imidazole rings is 1. The highest BCUT2D eigenvalue weighted by molar-refractivity contribution is 5.60. The number of rotatable bonds is 2. The minimum atomic E-state index is -0.311. The minimum Gasteiger partial charge on any atom is -0.307 e. The van der Waals surface area contributed by atoms with Crippen LogP contribution in [-0.2, 0) is 0 Å². The van der Waals surface area contributed by atoms with E-state index in [9.17, 15) is 9.18 Å². The third-order valence-electron chi connectivity index (χ3n) is 4.67. The zero-order valence-corrected chi connectivity index (χ0v) is 13.5. The summed E-state index contributed by atoms with van der Waals surface area (Å²) in [6.07, 6.45) is 1.50. The summed E-state index contributed by atoms with van der Waals surface area (Å²) in [6.45, 7) is 3.99. The number of hydrogen-bond donors (Lipinski definition) is 1. The van der Waals surface area contributed by atoms with Gasteiger partial charge in [0, 0.05) is 24.6 Å². The summed E-state index contributed by atoms with van der Waals surface area (Å²) in [7, 11) is 2.06. The quantitative estimate of drug-likeness (QED) is 0.780. The van der Waals surface area contributed by atoms with Crippen molar-refractivity contribution in [2.45, 2.75) is 12.8 Å². The molecule has 7 heteroatoms. The van der Waals surface area contributed by atoms with Gasteiger partial charge in [-0.2, -0.15) is 5.10 Å². The molecule has 0 amide bonds. The van der Waals surface area contributed by atoms with Crippen LogP contribution in [0.3, 0.4) is 0 Å². The van der Waals surface area contributed by atoms with Gasteiger partial charge < -0.3 is 9.88 Å². The molecule has 2 unspecified atom stereocenters. The molecule has 0 spiro atoms. The van der Waals surface area contributed by atoms with Gasteiger partial charge >= 0.3 is 0 Å². The molecule has 3 aromatic rings. The standard InChI is InChI=1S/C17H18FN5O/c1-10-8-22(2)9-13(10)15-20-17(24)14-7-19-16(23(14)21-15)11-3-5-12(18)6-4-11/h3-7,10,13H,8-9H2,1-2H3,(H,20,21,24). The Morgan fingerprint density at radius 1 is 1.25 bits per heavy atom. The number of nitrogens with one attached hydrogen (secondary N) is 1. The number of benzene rings is 1. The highest BCUT2D eigenvalue weighted by atomic mass is 19.1. The number of H-pyrrole nitrogens is 1. The van der Waals surface area contributed by atoms with E-state index in [1.165, 1.54) is 18.3 Å². The van der Waals surface area contributed by atoms with Crippen LogP contribution in [0.2, 0.25) is 0 Å². The van der Waals surface area contributed by atoms with Gasteiger partial charge in [0.2, 0.25) is 0 Å². The predicted molar refractivity (Wildman–Crippen MR) is 88.4 cm³/mol. The molecule has 1 fully saturated rings. The van der Waals surface area contributed by atoms with Crippen LogP contribution in [0.5, 0.6) is 0 Å². The fraction of sp³-hybridized carbons (Fsp3) is 0.353. The predicted octanol–water partition coefficient (Wildman–Crippen LogP) is 1.89. The van der Waals surface area contributed by atoms with Crippen molar-refractivity contribution in [3.05, 3.63) is 52.5 Å². The first-order valence-corrected chi connectivity index (χ1v) is 7.95. The molecule has 3 heterocycles. The maximum absolute atomic E-state index is 13.2. The van der Waals surface area contributed by atoms with Crippen LogP contribution in [0.15, 0.2) is 35.3 Å². The maximum atomic E-state index is 13.2. The number of fused-ring (bicyclic) bond motifs is 1. The fourth-order valence-corrected chi connectivity index (χ4v) is 3.44. The highest BCUT2D eigenvalue weighted by Crippen LogP contribution is 2.29. The molecule has 0 radical (unpaired) electrons. The molecular formula is C17H18FN5O. The van der Waals surface area contributed by atoms with Crippen molar-refractivity contribution >= 4 is 5.52 Å². The molecule has 1 aliphatic heterocycles. The van der Waals surface area contributed by atoms with Crippen LogP contribution in [0, 0.1) is 11.7 Å². The Kier molecular flexibility index (Phi) is 3.45. The van der Waals surface area contributed by atoms with Gasteiger partial charge in [-0.25, -0.2) is 13.9 Å². The van der Waals surface area contributed by atoms with Gasteiger partial charge in [0.05, 0.1) is 6.20 Å². The molecule has 1 saturated heterocycles. The number of aromatic amines is 1. The van der Waals surface area contributed by atoms with E-state index in [2.05, 4.69) is 33.9 Å². The van der Waals surface area contributed by atoms with E-state index in [0.717, 1.165) is 18.7 Å². The highest BCUT2D eigenvalue weighted by Gasteiger charge is 2.31. The summed E-state index contributed by atoms with van der Waals surface area (Å²) in [5, 5.41) is 4.64. The van der Waals surface area contributed by atoms with Crippen molar-refractivity contribution in [3.63, 3.8) is 0 Å². The molecule has 124 valence electrons. The lowest BCUT2D eigenvalue weighted by molar-refractivity contribution is 0.400. The van der Waals surface area contributed by atoms with Crippen LogP contribution in [0.4, 0.5) is 4.39 Å². The van der Waals surface area contributed by atoms with Gasteiger partial charge in [-0.15, -0.1) is 0 Å². The number of hydrogen-bond acceptors (Lipinski definition) is 4. The third kappa shape index (κ3) is 2.41. The third-order valence-corrected chi connectivity index (χ3v) is 4.67. The molecular weight excluding hydrogens is 309 g/mol. The molecule has 1 aliphatic rings. The lowest BCUT2D eigenvalue weighted by Crippen LogP contribution is -2.21. The lowest BCUT2D eigenvalue weighted by Gasteiger charge is -2.13. The molecule has 1 aromatic carbocycles. The van der Waals surface area contributed by atoms with Gasteiger partial charge in [-0.3, -0.25) is 4.79 Å². The van der Waals surface area contributed by atoms with Crippen LogP contribution >= 0.6 is 0 Å². The van der Waals surface area contributed by atoms with Gasteiger partial charge in [0.15, 0.2) is 11.3 Å². The Labute approximate surface area is 138 Å². The van der Waals surface area contributed by atoms with Crippen molar-refractivity contribution in [2.75, 3.05) is 20.1 Å². The average Bonchev–Trinajstić information content (AvgIpc) is 3.11. The summed E-state index contributed by atoms with van der Waals surface area (Å²) in [4.78, 5) is 21.9. The zero-order chi connectivity index (χ0) is 16.8. The summed E-state index contributed by atoms with van der Waals surface area (Å²) < 4.78 is 14.7. The largest absolute Gasteiger partial charge is 0.307 e. The Bertz CT molecular complexity index is 946. The summed E-state index contributed by atoms with van der Waals surface area (Å²) in [6, 6.07) is 6.02. The second kappa shape index (κ2) is 5.52. The van der Waals surface area contributed by atoms with E-state index in [0.29, 0.717) is 23.1 Å². The SMILES string of the molecule is CC1CN(C)CC1c1nn2c(-c3ccc(F)cc3)ncc2c(=O)[nH]1. The Hall–Kier alpha value is -2.54. The topological polar surface area (TPSA) is 66.3 Å². The molecule has 2 aromatic heterocycles. The van der Waals surface area contributed by atoms with Crippen molar-refractivity contribution in [1.82, 2.24) is 24.5 Å². The molecule has 4 rings (SSSR count). The zero-order valence-electron chi connectivity index (χ0n) is 13.5. The second-order valence-electron chi connectivity index (χ2n) is 6.53. The van der Waals surface area contributed by atoms with Crippen LogP contribution < -0.4 is 5.56 Å². The normalized spacial score (nSPS) is 21.6. The van der Waals surface area contributed by atoms with E-state index in [-0.39, 0.29) is 17.3 Å². The van der Waals surface area contributed by atoms with E-state index in [4.69, 9.17) is 0 Å². The van der Waals surface area contributed by atoms with Crippen molar-refractivity contribution in [3.8, 4) is 11.4 Å². The molecule has 6 nitrogen and oxygen atoms in total. The summed E-state index contributed by atoms with van der Waals surface area (Å²) in [5.74, 6) is 1.49. The van der Waals surface area contributed by atoms with Crippen LogP contribution in [0.1, 0.15) is 18.7 Å². The monoisotopic (exact) mass is 327 g/mol. The summed E-state index contributed by atoms with van der Waals surface area (Å²) in [5.41, 5.74) is 0.900. The van der Waals surface area contributed by atoms with E-state index in [1.54, 1.807) is 16.6 Å².